The van der Waals surface area contributed by atoms with Crippen molar-refractivity contribution < 1.29 is 14.3 Å². The van der Waals surface area contributed by atoms with Crippen molar-refractivity contribution in [3.05, 3.63) is 68.7 Å². The number of hydrogen-bond acceptors (Lipinski definition) is 3. The van der Waals surface area contributed by atoms with Gasteiger partial charge in [0, 0.05) is 22.1 Å². The first-order valence-corrected chi connectivity index (χ1v) is 6.95. The zero-order chi connectivity index (χ0) is 15.0. The van der Waals surface area contributed by atoms with Gasteiger partial charge in [0.15, 0.2) is 0 Å². The summed E-state index contributed by atoms with van der Waals surface area (Å²) >= 11 is 3.29. The van der Waals surface area contributed by atoms with E-state index in [1.54, 1.807) is 36.5 Å². The van der Waals surface area contributed by atoms with Gasteiger partial charge in [0.1, 0.15) is 16.9 Å². The van der Waals surface area contributed by atoms with E-state index in [1.165, 1.54) is 10.6 Å². The first-order chi connectivity index (χ1) is 10.1. The number of para-hydroxylation sites is 1. The van der Waals surface area contributed by atoms with Gasteiger partial charge in [-0.05, 0) is 28.1 Å². The molecule has 1 N–H and O–H groups in total. The Morgan fingerprint density at radius 1 is 1.24 bits per heavy atom. The van der Waals surface area contributed by atoms with Gasteiger partial charge in [0.05, 0.1) is 6.54 Å². The number of carbonyl (C=O) groups is 1. The summed E-state index contributed by atoms with van der Waals surface area (Å²) in [6.07, 6.45) is 1.60. The molecule has 1 aromatic carbocycles. The molecule has 6 heteroatoms. The molecular weight excluding hydrogens is 338 g/mol. The van der Waals surface area contributed by atoms with Gasteiger partial charge < -0.3 is 14.1 Å². The van der Waals surface area contributed by atoms with Crippen LogP contribution in [0.2, 0.25) is 0 Å². The Bertz CT molecular complexity index is 894. The lowest BCUT2D eigenvalue weighted by Gasteiger charge is -2.04. The minimum Gasteiger partial charge on any atom is -0.478 e. The van der Waals surface area contributed by atoms with Crippen LogP contribution in [-0.4, -0.2) is 15.6 Å². The second kappa shape index (κ2) is 5.21. The lowest BCUT2D eigenvalue weighted by molar-refractivity contribution is 0.0696. The number of hydrogen-bond donors (Lipinski definition) is 1. The van der Waals surface area contributed by atoms with Crippen molar-refractivity contribution in [2.45, 2.75) is 6.54 Å². The molecule has 0 aliphatic rings. The fraction of sp³-hybridized carbons (Fsp3) is 0.0667. The Labute approximate surface area is 127 Å². The summed E-state index contributed by atoms with van der Waals surface area (Å²) < 4.78 is 7.73. The van der Waals surface area contributed by atoms with E-state index in [4.69, 9.17) is 4.42 Å². The lowest BCUT2D eigenvalue weighted by Crippen LogP contribution is -2.19. The normalized spacial score (nSPS) is 10.9. The topological polar surface area (TPSA) is 72.4 Å². The fourth-order valence-electron chi connectivity index (χ4n) is 2.22. The van der Waals surface area contributed by atoms with Crippen molar-refractivity contribution in [2.75, 3.05) is 0 Å². The monoisotopic (exact) mass is 347 g/mol. The Morgan fingerprint density at radius 2 is 2.00 bits per heavy atom. The predicted molar refractivity (Wildman–Crippen MR) is 80.7 cm³/mol. The van der Waals surface area contributed by atoms with Gasteiger partial charge in [-0.2, -0.15) is 0 Å². The zero-order valence-corrected chi connectivity index (χ0v) is 12.3. The van der Waals surface area contributed by atoms with E-state index in [-0.39, 0.29) is 23.4 Å². The number of nitrogens with zero attached hydrogens (tertiary/aromatic N) is 1. The molecule has 2 aromatic heterocycles. The number of pyridine rings is 1. The highest BCUT2D eigenvalue weighted by molar-refractivity contribution is 9.10. The van der Waals surface area contributed by atoms with E-state index in [0.29, 0.717) is 11.0 Å². The predicted octanol–water partition coefficient (Wildman–Crippen LogP) is 3.10. The van der Waals surface area contributed by atoms with Crippen molar-refractivity contribution in [2.24, 2.45) is 0 Å². The molecule has 0 atom stereocenters. The quantitative estimate of drug-likeness (QED) is 0.790. The Morgan fingerprint density at radius 3 is 2.76 bits per heavy atom. The van der Waals surface area contributed by atoms with Crippen LogP contribution in [0.15, 0.2) is 56.3 Å². The SMILES string of the molecule is O=C(O)c1c(Cn2cc(Br)ccc2=O)oc2ccccc12. The number of halogens is 1. The standard InChI is InChI=1S/C15H10BrNO4/c16-9-5-6-13(18)17(7-9)8-12-14(15(19)20)10-3-1-2-4-11(10)21-12/h1-7H,8H2,(H,19,20). The van der Waals surface area contributed by atoms with Gasteiger partial charge in [0.2, 0.25) is 0 Å². The van der Waals surface area contributed by atoms with E-state index in [9.17, 15) is 14.7 Å². The van der Waals surface area contributed by atoms with E-state index in [1.807, 2.05) is 0 Å². The third kappa shape index (κ3) is 2.50. The van der Waals surface area contributed by atoms with E-state index >= 15 is 0 Å². The minimum absolute atomic E-state index is 0.0641. The molecule has 2 heterocycles. The molecule has 0 radical (unpaired) electrons. The summed E-state index contributed by atoms with van der Waals surface area (Å²) in [7, 11) is 0. The van der Waals surface area contributed by atoms with E-state index in [2.05, 4.69) is 15.9 Å². The van der Waals surface area contributed by atoms with Crippen molar-refractivity contribution in [3.63, 3.8) is 0 Å². The van der Waals surface area contributed by atoms with E-state index < -0.39 is 5.97 Å². The van der Waals surface area contributed by atoms with Gasteiger partial charge in [-0.3, -0.25) is 4.79 Å². The Balaban J connectivity index is 2.16. The molecule has 0 saturated heterocycles. The summed E-state index contributed by atoms with van der Waals surface area (Å²) in [5.74, 6) is -0.818. The van der Waals surface area contributed by atoms with Crippen molar-refractivity contribution in [3.8, 4) is 0 Å². The molecule has 0 fully saturated rings. The molecule has 3 aromatic rings. The number of furan rings is 1. The molecule has 0 amide bonds. The second-order valence-electron chi connectivity index (χ2n) is 4.52. The van der Waals surface area contributed by atoms with Crippen LogP contribution < -0.4 is 5.56 Å². The number of aromatic nitrogens is 1. The molecule has 0 aliphatic heterocycles. The molecule has 21 heavy (non-hydrogen) atoms. The molecule has 5 nitrogen and oxygen atoms in total. The fourth-order valence-corrected chi connectivity index (χ4v) is 2.60. The number of rotatable bonds is 3. The van der Waals surface area contributed by atoms with Crippen molar-refractivity contribution in [1.29, 1.82) is 0 Å². The van der Waals surface area contributed by atoms with Gasteiger partial charge >= 0.3 is 5.97 Å². The summed E-state index contributed by atoms with van der Waals surface area (Å²) in [4.78, 5) is 23.3. The van der Waals surface area contributed by atoms with Crippen LogP contribution >= 0.6 is 15.9 Å². The highest BCUT2D eigenvalue weighted by atomic mass is 79.9. The molecule has 106 valence electrons. The third-order valence-corrected chi connectivity index (χ3v) is 3.61. The van der Waals surface area contributed by atoms with Crippen LogP contribution in [0.4, 0.5) is 0 Å². The number of benzene rings is 1. The maximum absolute atomic E-state index is 11.8. The molecular formula is C15H10BrNO4. The molecule has 0 unspecified atom stereocenters. The summed E-state index contributed by atoms with van der Waals surface area (Å²) in [6, 6.07) is 9.96. The van der Waals surface area contributed by atoms with Crippen LogP contribution in [0.3, 0.4) is 0 Å². The Hall–Kier alpha value is -2.34. The number of aromatic carboxylic acids is 1. The first kappa shape index (κ1) is 13.6. The van der Waals surface area contributed by atoms with Crippen molar-refractivity contribution >= 4 is 32.9 Å². The largest absolute Gasteiger partial charge is 0.478 e. The Kier molecular flexibility index (Phi) is 3.39. The number of carboxylic acid groups (broad SMARTS) is 1. The highest BCUT2D eigenvalue weighted by Gasteiger charge is 2.20. The minimum atomic E-state index is -1.07. The lowest BCUT2D eigenvalue weighted by atomic mass is 10.1. The van der Waals surface area contributed by atoms with Crippen LogP contribution in [0.25, 0.3) is 11.0 Å². The summed E-state index contributed by atoms with van der Waals surface area (Å²) in [6.45, 7) is 0.0641. The van der Waals surface area contributed by atoms with Crippen LogP contribution in [-0.2, 0) is 6.54 Å². The van der Waals surface area contributed by atoms with Gasteiger partial charge in [0.25, 0.3) is 5.56 Å². The molecule has 0 spiro atoms. The van der Waals surface area contributed by atoms with Crippen LogP contribution in [0.5, 0.6) is 0 Å². The number of carboxylic acids is 1. The van der Waals surface area contributed by atoms with E-state index in [0.717, 1.165) is 4.47 Å². The van der Waals surface area contributed by atoms with Gasteiger partial charge in [-0.15, -0.1) is 0 Å². The molecule has 0 bridgehead atoms. The maximum atomic E-state index is 11.8. The summed E-state index contributed by atoms with van der Waals surface area (Å²) in [5.41, 5.74) is 0.361. The smallest absolute Gasteiger partial charge is 0.339 e. The first-order valence-electron chi connectivity index (χ1n) is 6.16. The van der Waals surface area contributed by atoms with Gasteiger partial charge in [-0.1, -0.05) is 18.2 Å². The average Bonchev–Trinajstić information content (AvgIpc) is 2.80. The van der Waals surface area contributed by atoms with Gasteiger partial charge in [-0.25, -0.2) is 4.79 Å². The summed E-state index contributed by atoms with van der Waals surface area (Å²) in [5, 5.41) is 9.93. The third-order valence-electron chi connectivity index (χ3n) is 3.14. The molecule has 3 rings (SSSR count). The zero-order valence-electron chi connectivity index (χ0n) is 10.7. The van der Waals surface area contributed by atoms with Crippen LogP contribution in [0.1, 0.15) is 16.1 Å². The highest BCUT2D eigenvalue weighted by Crippen LogP contribution is 2.26. The second-order valence-corrected chi connectivity index (χ2v) is 5.43. The molecule has 0 aliphatic carbocycles. The number of fused-ring (bicyclic) bond motifs is 1. The molecule has 0 saturated carbocycles. The van der Waals surface area contributed by atoms with Crippen molar-refractivity contribution in [1.82, 2.24) is 4.57 Å². The van der Waals surface area contributed by atoms with Crippen LogP contribution in [0, 0.1) is 0 Å². The maximum Gasteiger partial charge on any atom is 0.339 e. The average molecular weight is 348 g/mol.